The van der Waals surface area contributed by atoms with E-state index in [-0.39, 0.29) is 5.56 Å². The molecule has 0 aliphatic carbocycles. The van der Waals surface area contributed by atoms with Gasteiger partial charge in [0, 0.05) is 25.2 Å². The summed E-state index contributed by atoms with van der Waals surface area (Å²) >= 11 is 0. The van der Waals surface area contributed by atoms with E-state index in [1.165, 1.54) is 0 Å². The van der Waals surface area contributed by atoms with Gasteiger partial charge in [0.05, 0.1) is 12.9 Å². The summed E-state index contributed by atoms with van der Waals surface area (Å²) in [5.74, 6) is 1.87. The highest BCUT2D eigenvalue weighted by molar-refractivity contribution is 5.00. The summed E-state index contributed by atoms with van der Waals surface area (Å²) in [6.45, 7) is 7.08. The average molecular weight is 303 g/mol. The second-order valence-electron chi connectivity index (χ2n) is 5.98. The van der Waals surface area contributed by atoms with Crippen LogP contribution in [0.25, 0.3) is 0 Å². The molecular weight excluding hydrogens is 282 g/mol. The molecule has 2 aromatic rings. The van der Waals surface area contributed by atoms with Gasteiger partial charge in [0.1, 0.15) is 0 Å². The van der Waals surface area contributed by atoms with Crippen LogP contribution in [0, 0.1) is 19.8 Å². The van der Waals surface area contributed by atoms with Gasteiger partial charge < -0.3 is 4.52 Å². The van der Waals surface area contributed by atoms with E-state index in [0.717, 1.165) is 44.8 Å². The zero-order chi connectivity index (χ0) is 15.5. The Hall–Kier alpha value is -2.02. The molecule has 0 aromatic carbocycles. The van der Waals surface area contributed by atoms with Gasteiger partial charge in [-0.3, -0.25) is 14.3 Å². The van der Waals surface area contributed by atoms with Crippen LogP contribution in [-0.2, 0) is 13.1 Å². The van der Waals surface area contributed by atoms with Gasteiger partial charge in [-0.15, -0.1) is 0 Å². The maximum atomic E-state index is 12.0. The van der Waals surface area contributed by atoms with E-state index in [4.69, 9.17) is 4.52 Å². The van der Waals surface area contributed by atoms with E-state index >= 15 is 0 Å². The topological polar surface area (TPSA) is 77.1 Å². The fourth-order valence-electron chi connectivity index (χ4n) is 2.90. The number of hydrogen-bond donors (Lipinski definition) is 0. The number of aryl methyl sites for hydroxylation is 2. The zero-order valence-corrected chi connectivity index (χ0v) is 13.0. The minimum atomic E-state index is 0.0692. The number of aromatic nitrogens is 4. The molecule has 1 aliphatic rings. The van der Waals surface area contributed by atoms with Gasteiger partial charge in [0.25, 0.3) is 5.56 Å². The summed E-state index contributed by atoms with van der Waals surface area (Å²) < 4.78 is 6.73. The molecule has 0 amide bonds. The Balaban J connectivity index is 1.53. The minimum absolute atomic E-state index is 0.0692. The van der Waals surface area contributed by atoms with Crippen molar-refractivity contribution >= 4 is 0 Å². The Bertz CT molecular complexity index is 685. The van der Waals surface area contributed by atoms with Crippen molar-refractivity contribution in [3.05, 3.63) is 40.2 Å². The smallest absolute Gasteiger partial charge is 0.256 e. The Kier molecular flexibility index (Phi) is 4.33. The lowest BCUT2D eigenvalue weighted by molar-refractivity contribution is 0.161. The number of likely N-dealkylation sites (tertiary alicyclic amines) is 1. The highest BCUT2D eigenvalue weighted by atomic mass is 16.5. The summed E-state index contributed by atoms with van der Waals surface area (Å²) in [6, 6.07) is 0. The van der Waals surface area contributed by atoms with Gasteiger partial charge in [-0.2, -0.15) is 4.98 Å². The molecule has 0 bridgehead atoms. The number of hydrogen-bond acceptors (Lipinski definition) is 6. The van der Waals surface area contributed by atoms with Gasteiger partial charge in [-0.25, -0.2) is 4.98 Å². The van der Waals surface area contributed by atoms with Crippen LogP contribution in [0.4, 0.5) is 0 Å². The van der Waals surface area contributed by atoms with Crippen LogP contribution in [-0.4, -0.2) is 37.7 Å². The van der Waals surface area contributed by atoms with Crippen LogP contribution >= 0.6 is 0 Å². The first-order valence-electron chi connectivity index (χ1n) is 7.64. The van der Waals surface area contributed by atoms with Crippen molar-refractivity contribution in [3.8, 4) is 0 Å². The maximum Gasteiger partial charge on any atom is 0.256 e. The molecule has 0 atom stereocenters. The molecule has 7 heteroatoms. The Morgan fingerprint density at radius 2 is 2.09 bits per heavy atom. The van der Waals surface area contributed by atoms with Crippen LogP contribution in [0.2, 0.25) is 0 Å². The Labute approximate surface area is 129 Å². The monoisotopic (exact) mass is 303 g/mol. The van der Waals surface area contributed by atoms with Crippen LogP contribution in [0.1, 0.15) is 30.1 Å². The molecule has 0 radical (unpaired) electrons. The van der Waals surface area contributed by atoms with E-state index in [2.05, 4.69) is 20.0 Å². The van der Waals surface area contributed by atoms with Crippen LogP contribution < -0.4 is 5.56 Å². The number of nitrogens with zero attached hydrogens (tertiary/aromatic N) is 5. The largest absolute Gasteiger partial charge is 0.340 e. The van der Waals surface area contributed by atoms with Gasteiger partial charge in [0.15, 0.2) is 5.82 Å². The van der Waals surface area contributed by atoms with Crippen molar-refractivity contribution < 1.29 is 4.52 Å². The summed E-state index contributed by atoms with van der Waals surface area (Å²) in [6.07, 6.45) is 5.40. The van der Waals surface area contributed by atoms with Crippen molar-refractivity contribution in [1.82, 2.24) is 24.6 Å². The molecule has 3 rings (SSSR count). The molecule has 118 valence electrons. The Morgan fingerprint density at radius 3 is 2.77 bits per heavy atom. The van der Waals surface area contributed by atoms with E-state index in [0.29, 0.717) is 17.4 Å². The van der Waals surface area contributed by atoms with Crippen molar-refractivity contribution in [2.24, 2.45) is 5.92 Å². The molecule has 22 heavy (non-hydrogen) atoms. The van der Waals surface area contributed by atoms with Crippen LogP contribution in [0.15, 0.2) is 21.8 Å². The second kappa shape index (κ2) is 6.39. The van der Waals surface area contributed by atoms with E-state index in [9.17, 15) is 4.79 Å². The third kappa shape index (κ3) is 3.41. The first kappa shape index (κ1) is 14.9. The fourth-order valence-corrected chi connectivity index (χ4v) is 2.90. The number of rotatable bonds is 4. The summed E-state index contributed by atoms with van der Waals surface area (Å²) in [5.41, 5.74) is 0.770. The molecule has 2 aromatic heterocycles. The summed E-state index contributed by atoms with van der Waals surface area (Å²) in [7, 11) is 0. The van der Waals surface area contributed by atoms with Crippen molar-refractivity contribution in [1.29, 1.82) is 0 Å². The summed E-state index contributed by atoms with van der Waals surface area (Å²) in [5, 5.41) is 3.94. The van der Waals surface area contributed by atoms with Gasteiger partial charge in [-0.1, -0.05) is 5.16 Å². The quantitative estimate of drug-likeness (QED) is 0.843. The molecule has 0 spiro atoms. The molecule has 0 saturated carbocycles. The highest BCUT2D eigenvalue weighted by Gasteiger charge is 2.21. The fraction of sp³-hybridized carbons (Fsp3) is 0.600. The van der Waals surface area contributed by atoms with Crippen LogP contribution in [0.3, 0.4) is 0 Å². The van der Waals surface area contributed by atoms with Crippen molar-refractivity contribution in [3.63, 3.8) is 0 Å². The zero-order valence-electron chi connectivity index (χ0n) is 13.0. The Morgan fingerprint density at radius 1 is 1.32 bits per heavy atom. The minimum Gasteiger partial charge on any atom is -0.340 e. The first-order valence-corrected chi connectivity index (χ1v) is 7.64. The van der Waals surface area contributed by atoms with Crippen LogP contribution in [0.5, 0.6) is 0 Å². The average Bonchev–Trinajstić information content (AvgIpc) is 2.91. The third-order valence-electron chi connectivity index (χ3n) is 4.17. The van der Waals surface area contributed by atoms with E-state index in [1.54, 1.807) is 30.9 Å². The van der Waals surface area contributed by atoms with Gasteiger partial charge >= 0.3 is 0 Å². The van der Waals surface area contributed by atoms with E-state index < -0.39 is 0 Å². The van der Waals surface area contributed by atoms with E-state index in [1.807, 2.05) is 0 Å². The van der Waals surface area contributed by atoms with Crippen molar-refractivity contribution in [2.45, 2.75) is 39.8 Å². The van der Waals surface area contributed by atoms with Gasteiger partial charge in [-0.05, 0) is 38.8 Å². The lowest BCUT2D eigenvalue weighted by Gasteiger charge is -2.31. The first-order chi connectivity index (χ1) is 10.6. The third-order valence-corrected chi connectivity index (χ3v) is 4.17. The molecule has 0 unspecified atom stereocenters. The molecule has 1 fully saturated rings. The molecule has 1 aliphatic heterocycles. The molecule has 0 N–H and O–H groups in total. The normalized spacial score (nSPS) is 17.0. The summed E-state index contributed by atoms with van der Waals surface area (Å²) in [4.78, 5) is 22.7. The predicted molar refractivity (Wildman–Crippen MR) is 80.3 cm³/mol. The highest BCUT2D eigenvalue weighted by Crippen LogP contribution is 2.19. The lowest BCUT2D eigenvalue weighted by Crippen LogP contribution is -2.36. The van der Waals surface area contributed by atoms with Gasteiger partial charge in [0.2, 0.25) is 5.89 Å². The molecule has 7 nitrogen and oxygen atoms in total. The van der Waals surface area contributed by atoms with Crippen molar-refractivity contribution in [2.75, 3.05) is 13.1 Å². The molecule has 1 saturated heterocycles. The maximum absolute atomic E-state index is 12.0. The molecular formula is C15H21N5O2. The standard InChI is InChI=1S/C15H21N5O2/c1-11-7-16-10-20(15(11)21)8-13-3-5-19(6-4-13)9-14-17-12(2)22-18-14/h7,10,13H,3-6,8-9H2,1-2H3. The predicted octanol–water partition coefficient (Wildman–Crippen LogP) is 1.16. The lowest BCUT2D eigenvalue weighted by atomic mass is 9.96. The second-order valence-corrected chi connectivity index (χ2v) is 5.98. The number of piperidine rings is 1. The SMILES string of the molecule is Cc1nc(CN2CCC(Cn3cncc(C)c3=O)CC2)no1. The molecule has 3 heterocycles.